The minimum Gasteiger partial charge on any atom is -0.440 e. The Balaban J connectivity index is 0.000000311. The van der Waals surface area contributed by atoms with Crippen molar-refractivity contribution >= 4 is 18.1 Å². The normalized spacial score (nSPS) is 21.1. The van der Waals surface area contributed by atoms with Crippen molar-refractivity contribution in [3.05, 3.63) is 0 Å². The Hall–Kier alpha value is -2.92. The number of hydrogen-bond acceptors (Lipinski definition) is 6. The van der Waals surface area contributed by atoms with Gasteiger partial charge in [0.25, 0.3) is 0 Å². The van der Waals surface area contributed by atoms with Crippen molar-refractivity contribution in [2.75, 3.05) is 26.3 Å². The van der Waals surface area contributed by atoms with Crippen LogP contribution in [0.3, 0.4) is 0 Å². The molecular weight excluding hydrogens is 442 g/mol. The molecule has 2 N–H and O–H groups in total. The van der Waals surface area contributed by atoms with Crippen molar-refractivity contribution in [1.82, 2.24) is 9.80 Å². The summed E-state index contributed by atoms with van der Waals surface area (Å²) >= 11 is 0. The molecule has 0 bridgehead atoms. The third kappa shape index (κ3) is 9.18. The van der Waals surface area contributed by atoms with Crippen LogP contribution in [-0.2, 0) is 14.3 Å². The van der Waals surface area contributed by atoms with Crippen molar-refractivity contribution in [1.29, 1.82) is 5.26 Å². The first-order chi connectivity index (χ1) is 14.2. The molecule has 3 amide bonds. The van der Waals surface area contributed by atoms with E-state index in [1.54, 1.807) is 0 Å². The lowest BCUT2D eigenvalue weighted by Gasteiger charge is -2.21. The van der Waals surface area contributed by atoms with E-state index in [9.17, 15) is 40.7 Å². The number of amides is 3. The molecule has 0 radical (unpaired) electrons. The van der Waals surface area contributed by atoms with Crippen molar-refractivity contribution in [2.24, 2.45) is 5.73 Å². The van der Waals surface area contributed by atoms with Crippen LogP contribution in [0.25, 0.3) is 0 Å². The number of primary amides is 1. The number of likely N-dealkylation sites (tertiary alicyclic amines) is 2. The van der Waals surface area contributed by atoms with Crippen molar-refractivity contribution in [3.63, 3.8) is 0 Å². The van der Waals surface area contributed by atoms with Crippen LogP contribution in [0.4, 0.5) is 35.9 Å². The summed E-state index contributed by atoms with van der Waals surface area (Å²) in [5, 5.41) is 8.59. The summed E-state index contributed by atoms with van der Waals surface area (Å²) in [6.07, 6.45) is -9.35. The van der Waals surface area contributed by atoms with E-state index in [1.165, 1.54) is 0 Å². The fourth-order valence-corrected chi connectivity index (χ4v) is 2.85. The highest BCUT2D eigenvalue weighted by atomic mass is 19.4. The van der Waals surface area contributed by atoms with Gasteiger partial charge in [0.05, 0.1) is 6.07 Å². The maximum atomic E-state index is 11.8. The highest BCUT2D eigenvalue weighted by Crippen LogP contribution is 2.21. The summed E-state index contributed by atoms with van der Waals surface area (Å²) in [5.41, 5.74) is 5.00. The second kappa shape index (κ2) is 10.9. The maximum Gasteiger partial charge on any atom is 0.422 e. The number of halogens is 6. The summed E-state index contributed by atoms with van der Waals surface area (Å²) in [5.74, 6) is -0.735. The number of carbonyl (C=O) groups excluding carboxylic acids is 3. The lowest BCUT2D eigenvalue weighted by molar-refractivity contribution is -0.163. The Labute approximate surface area is 172 Å². The van der Waals surface area contributed by atoms with Gasteiger partial charge in [0, 0.05) is 13.1 Å². The number of hydrogen-bond donors (Lipinski definition) is 1. The molecule has 0 spiro atoms. The van der Waals surface area contributed by atoms with Gasteiger partial charge in [-0.05, 0) is 25.7 Å². The number of carbonyl (C=O) groups is 3. The monoisotopic (exact) mass is 462 g/mol. The highest BCUT2D eigenvalue weighted by molar-refractivity contribution is 5.84. The maximum absolute atomic E-state index is 11.8. The van der Waals surface area contributed by atoms with Gasteiger partial charge in [0.2, 0.25) is 5.91 Å². The molecule has 2 heterocycles. The van der Waals surface area contributed by atoms with Crippen LogP contribution in [0.2, 0.25) is 0 Å². The molecule has 0 aromatic rings. The summed E-state index contributed by atoms with van der Waals surface area (Å²) in [4.78, 5) is 35.1. The minimum absolute atomic E-state index is 0.185. The predicted molar refractivity (Wildman–Crippen MR) is 89.1 cm³/mol. The van der Waals surface area contributed by atoms with Crippen LogP contribution >= 0.6 is 0 Å². The van der Waals surface area contributed by atoms with Crippen LogP contribution in [0, 0.1) is 11.3 Å². The fraction of sp³-hybridized carbons (Fsp3) is 0.750. The zero-order valence-corrected chi connectivity index (χ0v) is 16.0. The summed E-state index contributed by atoms with van der Waals surface area (Å²) in [7, 11) is 0. The second-order valence-electron chi connectivity index (χ2n) is 6.57. The van der Waals surface area contributed by atoms with E-state index in [2.05, 4.69) is 9.47 Å². The Kier molecular flexibility index (Phi) is 9.19. The third-order valence-corrected chi connectivity index (χ3v) is 4.17. The molecule has 31 heavy (non-hydrogen) atoms. The fourth-order valence-electron chi connectivity index (χ4n) is 2.85. The minimum atomic E-state index is -4.57. The topological polar surface area (TPSA) is 126 Å². The second-order valence-corrected chi connectivity index (χ2v) is 6.57. The van der Waals surface area contributed by atoms with Gasteiger partial charge in [-0.1, -0.05) is 0 Å². The van der Waals surface area contributed by atoms with Crippen LogP contribution in [0.1, 0.15) is 25.7 Å². The molecule has 2 saturated heterocycles. The van der Waals surface area contributed by atoms with Gasteiger partial charge >= 0.3 is 24.5 Å². The van der Waals surface area contributed by atoms with Gasteiger partial charge in [0.1, 0.15) is 12.1 Å². The zero-order chi connectivity index (χ0) is 23.8. The van der Waals surface area contributed by atoms with E-state index in [0.29, 0.717) is 25.7 Å². The molecule has 2 aliphatic rings. The van der Waals surface area contributed by atoms with E-state index in [4.69, 9.17) is 11.0 Å². The molecule has 0 aromatic carbocycles. The molecule has 2 fully saturated rings. The average Bonchev–Trinajstić information content (AvgIpc) is 3.32. The number of alkyl halides is 6. The molecular formula is C16H20F6N4O5. The van der Waals surface area contributed by atoms with E-state index >= 15 is 0 Å². The smallest absolute Gasteiger partial charge is 0.422 e. The van der Waals surface area contributed by atoms with Crippen LogP contribution in [-0.4, -0.2) is 78.6 Å². The zero-order valence-electron chi connectivity index (χ0n) is 16.0. The van der Waals surface area contributed by atoms with E-state index in [-0.39, 0.29) is 13.1 Å². The average molecular weight is 462 g/mol. The summed E-state index contributed by atoms with van der Waals surface area (Å²) in [6, 6.07) is 0.314. The van der Waals surface area contributed by atoms with Gasteiger partial charge in [0.15, 0.2) is 13.2 Å². The Morgan fingerprint density at radius 2 is 1.35 bits per heavy atom. The van der Waals surface area contributed by atoms with Gasteiger partial charge in [-0.3, -0.25) is 14.6 Å². The molecule has 0 saturated carbocycles. The van der Waals surface area contributed by atoms with Crippen LogP contribution < -0.4 is 5.73 Å². The van der Waals surface area contributed by atoms with Crippen LogP contribution in [0.15, 0.2) is 0 Å². The third-order valence-electron chi connectivity index (χ3n) is 4.17. The van der Waals surface area contributed by atoms with Crippen molar-refractivity contribution in [2.45, 2.75) is 50.1 Å². The van der Waals surface area contributed by atoms with E-state index < -0.39 is 55.7 Å². The highest BCUT2D eigenvalue weighted by Gasteiger charge is 2.37. The first-order valence-corrected chi connectivity index (χ1v) is 8.94. The number of ether oxygens (including phenoxy) is 2. The van der Waals surface area contributed by atoms with Crippen LogP contribution in [0.5, 0.6) is 0 Å². The number of nitriles is 1. The molecule has 176 valence electrons. The summed E-state index contributed by atoms with van der Waals surface area (Å²) in [6.45, 7) is -2.81. The van der Waals surface area contributed by atoms with Gasteiger partial charge in [-0.2, -0.15) is 31.6 Å². The van der Waals surface area contributed by atoms with Gasteiger partial charge < -0.3 is 15.2 Å². The quantitative estimate of drug-likeness (QED) is 0.642. The van der Waals surface area contributed by atoms with Crippen molar-refractivity contribution in [3.8, 4) is 6.07 Å². The number of nitrogens with zero attached hydrogens (tertiary/aromatic N) is 3. The van der Waals surface area contributed by atoms with E-state index in [1.807, 2.05) is 6.07 Å². The molecule has 0 aliphatic carbocycles. The predicted octanol–water partition coefficient (Wildman–Crippen LogP) is 2.31. The van der Waals surface area contributed by atoms with Crippen molar-refractivity contribution < 1.29 is 50.2 Å². The standard InChI is InChI=1S/C8H11F3N2O3.C8H9F3N2O2/c9-8(10,11)4-16-7(15)13-3-1-2-5(13)6(12)14;9-8(10,11)5-15-7(14)13-3-1-2-6(13)4-12/h5H,1-4H2,(H2,12,14);6H,1-3,5H2/t5-;6-/m00/s1. The summed E-state index contributed by atoms with van der Waals surface area (Å²) < 4.78 is 78.5. The molecule has 2 aliphatic heterocycles. The first-order valence-electron chi connectivity index (χ1n) is 8.94. The molecule has 15 heteroatoms. The largest absolute Gasteiger partial charge is 0.440 e. The molecule has 9 nitrogen and oxygen atoms in total. The Morgan fingerprint density at radius 1 is 0.903 bits per heavy atom. The first kappa shape index (κ1) is 26.1. The SMILES string of the molecule is N#C[C@@H]1CCCN1C(=O)OCC(F)(F)F.NC(=O)[C@@H]1CCCN1C(=O)OCC(F)(F)F. The Bertz CT molecular complexity index is 693. The van der Waals surface area contributed by atoms with Gasteiger partial charge in [-0.15, -0.1) is 0 Å². The molecule has 0 aromatic heterocycles. The van der Waals surface area contributed by atoms with Gasteiger partial charge in [-0.25, -0.2) is 9.59 Å². The number of nitrogens with two attached hydrogens (primary N) is 1. The number of rotatable bonds is 3. The molecule has 2 atom stereocenters. The Morgan fingerprint density at radius 3 is 1.81 bits per heavy atom. The molecule has 0 unspecified atom stereocenters. The lowest BCUT2D eigenvalue weighted by atomic mass is 10.2. The molecule has 2 rings (SSSR count). The lowest BCUT2D eigenvalue weighted by Crippen LogP contribution is -2.44. The van der Waals surface area contributed by atoms with E-state index in [0.717, 1.165) is 9.80 Å².